The number of carboxylic acid groups (broad SMARTS) is 1. The van der Waals surface area contributed by atoms with E-state index in [4.69, 9.17) is 4.74 Å². The van der Waals surface area contributed by atoms with Crippen molar-refractivity contribution in [3.05, 3.63) is 39.7 Å². The van der Waals surface area contributed by atoms with Crippen LogP contribution in [0.25, 0.3) is 0 Å². The molecule has 0 unspecified atom stereocenters. The molecule has 0 atom stereocenters. The van der Waals surface area contributed by atoms with Gasteiger partial charge in [-0.15, -0.1) is 11.3 Å². The van der Waals surface area contributed by atoms with Crippen molar-refractivity contribution in [1.82, 2.24) is 4.98 Å². The number of halogens is 3. The zero-order valence-electron chi connectivity index (χ0n) is 23.9. The number of rotatable bonds is 6. The molecule has 41 heavy (non-hydrogen) atoms. The smallest absolute Gasteiger partial charge is 0.417 e. The Kier molecular flexibility index (Phi) is 9.37. The Morgan fingerprint density at radius 1 is 1.05 bits per heavy atom. The third-order valence-electron chi connectivity index (χ3n) is 7.69. The van der Waals surface area contributed by atoms with Crippen LogP contribution in [-0.2, 0) is 11.0 Å². The highest BCUT2D eigenvalue weighted by atomic mass is 32.1. The summed E-state index contributed by atoms with van der Waals surface area (Å²) in [6.45, 7) is 8.13. The Hall–Kier alpha value is -3.06. The zero-order chi connectivity index (χ0) is 29.9. The third kappa shape index (κ3) is 8.03. The minimum Gasteiger partial charge on any atom is -0.477 e. The number of carboxylic acids is 1. The SMILES string of the molecule is CC(C)(C)C#Cc1cc(N(C(=O)[C@H]2CC[C@H](C)CC2)[C@H]2CC[C@H](Oc3ccc(C(F)(F)F)cn3)CC2)c(C(=O)O)s1. The highest BCUT2D eigenvalue weighted by molar-refractivity contribution is 7.15. The van der Waals surface area contributed by atoms with E-state index in [0.717, 1.165) is 49.3 Å². The monoisotopic (exact) mass is 590 g/mol. The van der Waals surface area contributed by atoms with Crippen molar-refractivity contribution in [1.29, 1.82) is 0 Å². The largest absolute Gasteiger partial charge is 0.477 e. The van der Waals surface area contributed by atoms with Gasteiger partial charge in [0.2, 0.25) is 11.8 Å². The molecule has 1 N–H and O–H groups in total. The number of ether oxygens (including phenoxy) is 1. The molecule has 0 aliphatic heterocycles. The summed E-state index contributed by atoms with van der Waals surface area (Å²) >= 11 is 1.09. The van der Waals surface area contributed by atoms with Gasteiger partial charge in [-0.25, -0.2) is 9.78 Å². The summed E-state index contributed by atoms with van der Waals surface area (Å²) in [5.74, 6) is 5.65. The van der Waals surface area contributed by atoms with Crippen LogP contribution < -0.4 is 9.64 Å². The Balaban J connectivity index is 1.56. The lowest BCUT2D eigenvalue weighted by atomic mass is 9.81. The molecule has 2 aliphatic rings. The van der Waals surface area contributed by atoms with Gasteiger partial charge >= 0.3 is 12.1 Å². The van der Waals surface area contributed by atoms with Crippen LogP contribution in [0.4, 0.5) is 18.9 Å². The number of aromatic nitrogens is 1. The molecule has 2 aromatic heterocycles. The second kappa shape index (κ2) is 12.4. The average Bonchev–Trinajstić information content (AvgIpc) is 3.33. The van der Waals surface area contributed by atoms with Crippen LogP contribution in [0.5, 0.6) is 5.88 Å². The summed E-state index contributed by atoms with van der Waals surface area (Å²) in [7, 11) is 0. The van der Waals surface area contributed by atoms with Crippen LogP contribution >= 0.6 is 11.3 Å². The average molecular weight is 591 g/mol. The Morgan fingerprint density at radius 3 is 2.24 bits per heavy atom. The van der Waals surface area contributed by atoms with E-state index in [-0.39, 0.29) is 40.1 Å². The van der Waals surface area contributed by atoms with E-state index in [1.807, 2.05) is 20.8 Å². The Bertz CT molecular complexity index is 1290. The number of hydrogen-bond acceptors (Lipinski definition) is 5. The van der Waals surface area contributed by atoms with E-state index in [0.29, 0.717) is 42.2 Å². The quantitative estimate of drug-likeness (QED) is 0.347. The lowest BCUT2D eigenvalue weighted by Crippen LogP contribution is -2.47. The lowest BCUT2D eigenvalue weighted by molar-refractivity contribution is -0.137. The van der Waals surface area contributed by atoms with Gasteiger partial charge in [0, 0.05) is 29.6 Å². The van der Waals surface area contributed by atoms with E-state index in [2.05, 4.69) is 23.7 Å². The van der Waals surface area contributed by atoms with E-state index in [1.54, 1.807) is 11.0 Å². The first-order valence-corrected chi connectivity index (χ1v) is 15.0. The topological polar surface area (TPSA) is 79.7 Å². The summed E-state index contributed by atoms with van der Waals surface area (Å²) < 4.78 is 44.5. The molecule has 2 heterocycles. The molecule has 2 fully saturated rings. The summed E-state index contributed by atoms with van der Waals surface area (Å²) in [5.41, 5.74) is -0.697. The normalized spacial score (nSPS) is 23.3. The second-order valence-electron chi connectivity index (χ2n) is 12.2. The van der Waals surface area contributed by atoms with E-state index >= 15 is 0 Å². The molecule has 2 saturated carbocycles. The van der Waals surface area contributed by atoms with Gasteiger partial charge in [-0.05, 0) is 90.2 Å². The Labute approximate surface area is 243 Å². The predicted molar refractivity (Wildman–Crippen MR) is 152 cm³/mol. The van der Waals surface area contributed by atoms with Crippen LogP contribution in [0.3, 0.4) is 0 Å². The number of carbonyl (C=O) groups is 2. The number of nitrogens with zero attached hydrogens (tertiary/aromatic N) is 2. The molecule has 2 aliphatic carbocycles. The number of anilines is 1. The van der Waals surface area contributed by atoms with Crippen LogP contribution in [0, 0.1) is 29.1 Å². The third-order valence-corrected chi connectivity index (χ3v) is 8.72. The zero-order valence-corrected chi connectivity index (χ0v) is 24.7. The predicted octanol–water partition coefficient (Wildman–Crippen LogP) is 7.81. The van der Waals surface area contributed by atoms with E-state index in [1.165, 1.54) is 6.07 Å². The first kappa shape index (κ1) is 30.9. The minimum atomic E-state index is -4.47. The number of amides is 1. The lowest BCUT2D eigenvalue weighted by Gasteiger charge is -2.39. The van der Waals surface area contributed by atoms with Crippen LogP contribution in [0.2, 0.25) is 0 Å². The van der Waals surface area contributed by atoms with Crippen molar-refractivity contribution in [3.8, 4) is 17.7 Å². The minimum absolute atomic E-state index is 0.0405. The molecule has 0 saturated heterocycles. The molecule has 1 amide bonds. The highest BCUT2D eigenvalue weighted by Gasteiger charge is 2.38. The fraction of sp³-hybridized carbons (Fsp3) is 0.581. The first-order chi connectivity index (χ1) is 19.2. The van der Waals surface area contributed by atoms with Gasteiger partial charge < -0.3 is 14.7 Å². The molecule has 0 bridgehead atoms. The van der Waals surface area contributed by atoms with Gasteiger partial charge in [0.25, 0.3) is 0 Å². The van der Waals surface area contributed by atoms with E-state index in [9.17, 15) is 27.9 Å². The van der Waals surface area contributed by atoms with Gasteiger partial charge in [0.1, 0.15) is 11.0 Å². The maximum absolute atomic E-state index is 14.1. The van der Waals surface area contributed by atoms with Gasteiger partial charge in [-0.1, -0.05) is 18.8 Å². The first-order valence-electron chi connectivity index (χ1n) is 14.1. The van der Waals surface area contributed by atoms with Crippen LogP contribution in [0.1, 0.15) is 99.2 Å². The molecule has 2 aromatic rings. The molecule has 0 spiro atoms. The van der Waals surface area contributed by atoms with E-state index < -0.39 is 17.7 Å². The number of pyridine rings is 1. The highest BCUT2D eigenvalue weighted by Crippen LogP contribution is 2.39. The van der Waals surface area contributed by atoms with Gasteiger partial charge in [-0.2, -0.15) is 13.2 Å². The summed E-state index contributed by atoms with van der Waals surface area (Å²) in [5, 5.41) is 10.1. The van der Waals surface area contributed by atoms with Crippen LogP contribution in [-0.4, -0.2) is 34.1 Å². The van der Waals surface area contributed by atoms with Crippen molar-refractivity contribution in [2.24, 2.45) is 17.3 Å². The van der Waals surface area contributed by atoms with Gasteiger partial charge in [0.05, 0.1) is 16.1 Å². The molecule has 10 heteroatoms. The maximum Gasteiger partial charge on any atom is 0.417 e. The van der Waals surface area contributed by atoms with Crippen LogP contribution in [0.15, 0.2) is 24.4 Å². The molecule has 4 rings (SSSR count). The molecule has 0 aromatic carbocycles. The number of carbonyl (C=O) groups excluding carboxylic acids is 1. The molecule has 222 valence electrons. The maximum atomic E-state index is 14.1. The molecular weight excluding hydrogens is 553 g/mol. The number of thiophene rings is 1. The van der Waals surface area contributed by atoms with Gasteiger partial charge in [-0.3, -0.25) is 4.79 Å². The summed E-state index contributed by atoms with van der Waals surface area (Å²) in [6, 6.07) is 3.69. The molecule has 6 nitrogen and oxygen atoms in total. The van der Waals surface area contributed by atoms with Crippen molar-refractivity contribution in [2.75, 3.05) is 4.90 Å². The van der Waals surface area contributed by atoms with Gasteiger partial charge in [0.15, 0.2) is 0 Å². The fourth-order valence-corrected chi connectivity index (χ4v) is 6.27. The molecular formula is C31H37F3N2O4S. The van der Waals surface area contributed by atoms with Crippen molar-refractivity contribution in [3.63, 3.8) is 0 Å². The van der Waals surface area contributed by atoms with Crippen molar-refractivity contribution >= 4 is 28.9 Å². The standard InChI is InChI=1S/C31H37F3N2O4S/c1-19-5-7-20(8-6-19)28(37)36(25-17-24(15-16-30(2,3)4)41-27(25)29(38)39)22-10-12-23(13-11-22)40-26-14-9-21(18-35-26)31(32,33)34/h9,14,17-20,22-23H,5-8,10-13H2,1-4H3,(H,38,39)/t19-,20-,22-,23-. The summed E-state index contributed by atoms with van der Waals surface area (Å²) in [4.78, 5) is 32.6. The molecule has 0 radical (unpaired) electrons. The number of hydrogen-bond donors (Lipinski definition) is 1. The fourth-order valence-electron chi connectivity index (χ4n) is 5.43. The number of alkyl halides is 3. The number of aromatic carboxylic acids is 1. The Morgan fingerprint density at radius 2 is 1.71 bits per heavy atom. The van der Waals surface area contributed by atoms with Crippen molar-refractivity contribution in [2.45, 2.75) is 97.4 Å². The second-order valence-corrected chi connectivity index (χ2v) is 13.3. The summed E-state index contributed by atoms with van der Waals surface area (Å²) in [6.07, 6.45) is 1.75. The van der Waals surface area contributed by atoms with Crippen molar-refractivity contribution < 1.29 is 32.6 Å².